The normalized spacial score (nSPS) is 12.3. The Hall–Kier alpha value is -0.220. The zero-order chi connectivity index (χ0) is 12.1. The number of benzene rings is 1. The second-order valence-electron chi connectivity index (χ2n) is 3.74. The summed E-state index contributed by atoms with van der Waals surface area (Å²) in [6, 6.07) is 4.02. The van der Waals surface area contributed by atoms with Gasteiger partial charge in [0, 0.05) is 5.33 Å². The topological polar surface area (TPSA) is 18.5 Å². The van der Waals surface area contributed by atoms with Gasteiger partial charge in [-0.25, -0.2) is 0 Å². The van der Waals surface area contributed by atoms with Crippen molar-refractivity contribution in [1.29, 1.82) is 0 Å². The van der Waals surface area contributed by atoms with Crippen molar-refractivity contribution in [3.63, 3.8) is 0 Å². The molecule has 4 heteroatoms. The molecular formula is C12H16Br2O2. The van der Waals surface area contributed by atoms with Crippen LogP contribution in [0.1, 0.15) is 12.5 Å². The SMILES string of the molecule is COc1ccc(CC(C)CBr)c(OC)c1Br. The van der Waals surface area contributed by atoms with Crippen LogP contribution in [-0.4, -0.2) is 19.5 Å². The fourth-order valence-corrected chi connectivity index (χ4v) is 2.49. The Morgan fingerprint density at radius 1 is 1.25 bits per heavy atom. The van der Waals surface area contributed by atoms with Crippen LogP contribution in [0.2, 0.25) is 0 Å². The first-order chi connectivity index (χ1) is 7.63. The van der Waals surface area contributed by atoms with Crippen molar-refractivity contribution in [2.75, 3.05) is 19.5 Å². The lowest BCUT2D eigenvalue weighted by Gasteiger charge is -2.15. The lowest BCUT2D eigenvalue weighted by atomic mass is 10.0. The third-order valence-electron chi connectivity index (χ3n) is 2.40. The number of methoxy groups -OCH3 is 2. The van der Waals surface area contributed by atoms with Crippen molar-refractivity contribution in [3.05, 3.63) is 22.2 Å². The van der Waals surface area contributed by atoms with E-state index in [4.69, 9.17) is 9.47 Å². The van der Waals surface area contributed by atoms with Crippen molar-refractivity contribution in [2.24, 2.45) is 5.92 Å². The van der Waals surface area contributed by atoms with Crippen LogP contribution in [0.3, 0.4) is 0 Å². The van der Waals surface area contributed by atoms with E-state index in [2.05, 4.69) is 44.8 Å². The Kier molecular flexibility index (Phi) is 5.62. The number of hydrogen-bond acceptors (Lipinski definition) is 2. The molecule has 90 valence electrons. The first-order valence-corrected chi connectivity index (χ1v) is 7.00. The summed E-state index contributed by atoms with van der Waals surface area (Å²) in [6.07, 6.45) is 0.983. The fraction of sp³-hybridized carbons (Fsp3) is 0.500. The molecule has 0 amide bonds. The third-order valence-corrected chi connectivity index (χ3v) is 4.26. The molecule has 0 heterocycles. The minimum absolute atomic E-state index is 0.578. The van der Waals surface area contributed by atoms with E-state index in [0.717, 1.165) is 27.7 Å². The highest BCUT2D eigenvalue weighted by Gasteiger charge is 2.14. The molecule has 1 unspecified atom stereocenters. The maximum atomic E-state index is 5.42. The van der Waals surface area contributed by atoms with Gasteiger partial charge in [0.15, 0.2) is 0 Å². The van der Waals surface area contributed by atoms with Crippen molar-refractivity contribution in [3.8, 4) is 11.5 Å². The van der Waals surface area contributed by atoms with Crippen molar-refractivity contribution in [2.45, 2.75) is 13.3 Å². The summed E-state index contributed by atoms with van der Waals surface area (Å²) in [7, 11) is 3.34. The third kappa shape index (κ3) is 3.14. The maximum Gasteiger partial charge on any atom is 0.140 e. The van der Waals surface area contributed by atoms with Crippen molar-refractivity contribution < 1.29 is 9.47 Å². The summed E-state index contributed by atoms with van der Waals surface area (Å²) >= 11 is 6.99. The van der Waals surface area contributed by atoms with Gasteiger partial charge < -0.3 is 9.47 Å². The van der Waals surface area contributed by atoms with Gasteiger partial charge in [0.25, 0.3) is 0 Å². The average molecular weight is 352 g/mol. The van der Waals surface area contributed by atoms with Gasteiger partial charge in [0.05, 0.1) is 14.2 Å². The van der Waals surface area contributed by atoms with Gasteiger partial charge in [-0.15, -0.1) is 0 Å². The first kappa shape index (κ1) is 13.8. The molecule has 0 bridgehead atoms. The number of rotatable bonds is 5. The summed E-state index contributed by atoms with van der Waals surface area (Å²) in [5.41, 5.74) is 1.20. The molecule has 0 saturated heterocycles. The Morgan fingerprint density at radius 3 is 2.44 bits per heavy atom. The smallest absolute Gasteiger partial charge is 0.140 e. The van der Waals surface area contributed by atoms with Crippen LogP contribution in [0.4, 0.5) is 0 Å². The Labute approximate surface area is 114 Å². The van der Waals surface area contributed by atoms with E-state index in [-0.39, 0.29) is 0 Å². The van der Waals surface area contributed by atoms with Gasteiger partial charge in [-0.05, 0) is 39.9 Å². The van der Waals surface area contributed by atoms with E-state index in [9.17, 15) is 0 Å². The van der Waals surface area contributed by atoms with Gasteiger partial charge in [-0.1, -0.05) is 28.9 Å². The lowest BCUT2D eigenvalue weighted by molar-refractivity contribution is 0.384. The molecule has 0 N–H and O–H groups in total. The van der Waals surface area contributed by atoms with Crippen LogP contribution >= 0.6 is 31.9 Å². The van der Waals surface area contributed by atoms with Crippen LogP contribution in [0.5, 0.6) is 11.5 Å². The highest BCUT2D eigenvalue weighted by atomic mass is 79.9. The minimum Gasteiger partial charge on any atom is -0.495 e. The van der Waals surface area contributed by atoms with Gasteiger partial charge in [-0.2, -0.15) is 0 Å². The molecule has 1 aromatic rings. The lowest BCUT2D eigenvalue weighted by Crippen LogP contribution is -2.03. The predicted molar refractivity (Wildman–Crippen MR) is 73.9 cm³/mol. The largest absolute Gasteiger partial charge is 0.495 e. The molecular weight excluding hydrogens is 336 g/mol. The van der Waals surface area contributed by atoms with E-state index in [1.54, 1.807) is 14.2 Å². The van der Waals surface area contributed by atoms with Crippen LogP contribution in [0, 0.1) is 5.92 Å². The number of ether oxygens (including phenoxy) is 2. The highest BCUT2D eigenvalue weighted by molar-refractivity contribution is 9.10. The summed E-state index contributed by atoms with van der Waals surface area (Å²) in [6.45, 7) is 2.20. The number of alkyl halides is 1. The van der Waals surface area contributed by atoms with E-state index in [1.165, 1.54) is 5.56 Å². The monoisotopic (exact) mass is 350 g/mol. The van der Waals surface area contributed by atoms with Gasteiger partial charge in [0.1, 0.15) is 16.0 Å². The summed E-state index contributed by atoms with van der Waals surface area (Å²) in [4.78, 5) is 0. The molecule has 0 radical (unpaired) electrons. The zero-order valence-electron chi connectivity index (χ0n) is 9.72. The van der Waals surface area contributed by atoms with E-state index in [0.29, 0.717) is 5.92 Å². The van der Waals surface area contributed by atoms with E-state index in [1.807, 2.05) is 6.07 Å². The van der Waals surface area contributed by atoms with Crippen LogP contribution in [0.25, 0.3) is 0 Å². The molecule has 0 aliphatic carbocycles. The molecule has 1 aromatic carbocycles. The summed E-state index contributed by atoms with van der Waals surface area (Å²) in [5.74, 6) is 2.24. The zero-order valence-corrected chi connectivity index (χ0v) is 12.9. The van der Waals surface area contributed by atoms with Crippen LogP contribution < -0.4 is 9.47 Å². The molecule has 0 aromatic heterocycles. The Morgan fingerprint density at radius 2 is 1.94 bits per heavy atom. The highest BCUT2D eigenvalue weighted by Crippen LogP contribution is 2.38. The molecule has 0 aliphatic rings. The minimum atomic E-state index is 0.578. The average Bonchev–Trinajstić information content (AvgIpc) is 2.29. The van der Waals surface area contributed by atoms with E-state index >= 15 is 0 Å². The standard InChI is InChI=1S/C12H16Br2O2/c1-8(7-13)6-9-4-5-10(15-2)11(14)12(9)16-3/h4-5,8H,6-7H2,1-3H3. The summed E-state index contributed by atoms with van der Waals surface area (Å²) < 4.78 is 11.5. The van der Waals surface area contributed by atoms with Crippen LogP contribution in [0.15, 0.2) is 16.6 Å². The Balaban J connectivity index is 3.05. The second kappa shape index (κ2) is 6.50. The van der Waals surface area contributed by atoms with Crippen LogP contribution in [-0.2, 0) is 6.42 Å². The van der Waals surface area contributed by atoms with E-state index < -0.39 is 0 Å². The molecule has 16 heavy (non-hydrogen) atoms. The molecule has 0 aliphatic heterocycles. The summed E-state index contributed by atoms with van der Waals surface area (Å²) in [5, 5.41) is 0.986. The quantitative estimate of drug-likeness (QED) is 0.745. The molecule has 2 nitrogen and oxygen atoms in total. The number of hydrogen-bond donors (Lipinski definition) is 0. The first-order valence-electron chi connectivity index (χ1n) is 5.09. The van der Waals surface area contributed by atoms with Crippen molar-refractivity contribution >= 4 is 31.9 Å². The second-order valence-corrected chi connectivity index (χ2v) is 5.18. The molecule has 0 fully saturated rings. The Bertz CT molecular complexity index is 353. The molecule has 0 saturated carbocycles. The molecule has 1 atom stereocenters. The fourth-order valence-electron chi connectivity index (χ4n) is 1.55. The van der Waals surface area contributed by atoms with Gasteiger partial charge >= 0.3 is 0 Å². The maximum absolute atomic E-state index is 5.42. The van der Waals surface area contributed by atoms with Crippen molar-refractivity contribution in [1.82, 2.24) is 0 Å². The molecule has 0 spiro atoms. The van der Waals surface area contributed by atoms with Gasteiger partial charge in [0.2, 0.25) is 0 Å². The molecule has 1 rings (SSSR count). The number of halogens is 2. The predicted octanol–water partition coefficient (Wildman–Crippen LogP) is 4.04. The van der Waals surface area contributed by atoms with Gasteiger partial charge in [-0.3, -0.25) is 0 Å².